The summed E-state index contributed by atoms with van der Waals surface area (Å²) in [6, 6.07) is 0. The van der Waals surface area contributed by atoms with Crippen LogP contribution in [0.15, 0.2) is 0 Å². The Labute approximate surface area is 74.5 Å². The van der Waals surface area contributed by atoms with Crippen LogP contribution in [0.2, 0.25) is 0 Å². The zero-order valence-corrected chi connectivity index (χ0v) is 7.49. The van der Waals surface area contributed by atoms with Crippen LogP contribution in [-0.4, -0.2) is 41.5 Å². The topological polar surface area (TPSA) is 119 Å². The number of nitrogens with one attached hydrogen (secondary N) is 1. The van der Waals surface area contributed by atoms with Gasteiger partial charge in [-0.3, -0.25) is 4.90 Å². The fraction of sp³-hybridized carbons (Fsp3) is 0.600. The molecule has 0 fully saturated rings. The summed E-state index contributed by atoms with van der Waals surface area (Å²) in [5.41, 5.74) is 0. The summed E-state index contributed by atoms with van der Waals surface area (Å²) < 4.78 is 10.2. The van der Waals surface area contributed by atoms with Crippen molar-refractivity contribution < 1.29 is 34.2 Å². The van der Waals surface area contributed by atoms with Crippen molar-refractivity contribution in [1.82, 2.24) is 0 Å². The molecule has 13 heavy (non-hydrogen) atoms. The molecule has 8 heteroatoms. The van der Waals surface area contributed by atoms with Crippen molar-refractivity contribution in [2.45, 2.75) is 0 Å². The van der Waals surface area contributed by atoms with Gasteiger partial charge in [-0.25, -0.2) is 9.59 Å². The molecule has 0 heterocycles. The molecule has 0 aliphatic carbocycles. The lowest BCUT2D eigenvalue weighted by molar-refractivity contribution is -0.873. The minimum Gasteiger partial charge on any atom is -0.591 e. The fourth-order valence-electron chi connectivity index (χ4n) is 0.785. The van der Waals surface area contributed by atoms with Crippen LogP contribution in [-0.2, 0) is 14.2 Å². The molecule has 0 aliphatic heterocycles. The van der Waals surface area contributed by atoms with Crippen LogP contribution in [0, 0.1) is 0 Å². The highest BCUT2D eigenvalue weighted by Gasteiger charge is 2.21. The van der Waals surface area contributed by atoms with Crippen LogP contribution in [0.4, 0.5) is 0 Å². The molecule has 74 valence electrons. The molecule has 0 bridgehead atoms. The molecule has 0 radical (unpaired) electrons. The van der Waals surface area contributed by atoms with Gasteiger partial charge in [0.2, 0.25) is 0 Å². The van der Waals surface area contributed by atoms with E-state index in [0.29, 0.717) is 0 Å². The third-order valence-electron chi connectivity index (χ3n) is 1.16. The second kappa shape index (κ2) is 5.58. The lowest BCUT2D eigenvalue weighted by atomic mass is 10.5. The first-order valence-corrected chi connectivity index (χ1v) is 4.67. The standard InChI is InChI=1S/C5H8NO6P/c7-4(8)1-6(2-5(9)10)3-13(11)12/h1-3H2,(H,7,8)(H,9,10)/p+1. The molecular weight excluding hydrogens is 201 g/mol. The van der Waals surface area contributed by atoms with Crippen molar-refractivity contribution in [3.8, 4) is 0 Å². The maximum atomic E-state index is 10.2. The SMILES string of the molecule is O=C(O)C[NH+](CC(=O)O)C[P+](=O)[O-]. The minimum absolute atomic E-state index is 0.0175. The molecule has 3 N–H and O–H groups in total. The Morgan fingerprint density at radius 3 is 1.85 bits per heavy atom. The highest BCUT2D eigenvalue weighted by atomic mass is 31.1. The molecule has 0 aromatic heterocycles. The number of carboxylic acid groups (broad SMARTS) is 2. The van der Waals surface area contributed by atoms with E-state index >= 15 is 0 Å². The van der Waals surface area contributed by atoms with Gasteiger partial charge in [0, 0.05) is 0 Å². The van der Waals surface area contributed by atoms with Crippen molar-refractivity contribution in [2.75, 3.05) is 19.4 Å². The van der Waals surface area contributed by atoms with E-state index in [4.69, 9.17) is 10.2 Å². The van der Waals surface area contributed by atoms with E-state index in [1.165, 1.54) is 0 Å². The van der Waals surface area contributed by atoms with Crippen molar-refractivity contribution in [3.05, 3.63) is 0 Å². The number of hydrogen-bond donors (Lipinski definition) is 3. The Balaban J connectivity index is 4.10. The molecule has 0 rings (SSSR count). The number of carbonyl (C=O) groups is 2. The van der Waals surface area contributed by atoms with Gasteiger partial charge < -0.3 is 15.1 Å². The van der Waals surface area contributed by atoms with E-state index in [1.807, 2.05) is 0 Å². The lowest BCUT2D eigenvalue weighted by Crippen LogP contribution is -3.13. The fourth-order valence-corrected chi connectivity index (χ4v) is 1.37. The summed E-state index contributed by atoms with van der Waals surface area (Å²) >= 11 is 0. The quantitative estimate of drug-likeness (QED) is 0.404. The van der Waals surface area contributed by atoms with E-state index in [2.05, 4.69) is 0 Å². The third-order valence-corrected chi connectivity index (χ3v) is 1.86. The van der Waals surface area contributed by atoms with E-state index in [1.54, 1.807) is 0 Å². The maximum Gasteiger partial charge on any atom is 0.369 e. The summed E-state index contributed by atoms with van der Waals surface area (Å²) in [6.07, 6.45) is -0.478. The summed E-state index contributed by atoms with van der Waals surface area (Å²) in [5.74, 6) is -2.46. The largest absolute Gasteiger partial charge is 0.591 e. The monoisotopic (exact) mass is 210 g/mol. The highest BCUT2D eigenvalue weighted by molar-refractivity contribution is 7.36. The maximum absolute atomic E-state index is 10.2. The first-order chi connectivity index (χ1) is 5.91. The van der Waals surface area contributed by atoms with Gasteiger partial charge in [0.25, 0.3) is 6.29 Å². The Kier molecular flexibility index (Phi) is 5.13. The second-order valence-electron chi connectivity index (χ2n) is 2.38. The molecule has 0 aliphatic rings. The number of rotatable bonds is 6. The predicted molar refractivity (Wildman–Crippen MR) is 38.4 cm³/mol. The summed E-state index contributed by atoms with van der Waals surface area (Å²) in [6.45, 7) is -1.04. The lowest BCUT2D eigenvalue weighted by Gasteiger charge is -2.09. The van der Waals surface area contributed by atoms with E-state index in [9.17, 15) is 19.0 Å². The van der Waals surface area contributed by atoms with Gasteiger partial charge in [0.15, 0.2) is 13.1 Å². The van der Waals surface area contributed by atoms with Crippen LogP contribution in [0.3, 0.4) is 0 Å². The average Bonchev–Trinajstić information content (AvgIpc) is 1.80. The molecule has 1 atom stereocenters. The van der Waals surface area contributed by atoms with Gasteiger partial charge in [-0.05, 0) is 0 Å². The molecule has 7 nitrogen and oxygen atoms in total. The highest BCUT2D eigenvalue weighted by Crippen LogP contribution is 1.98. The first kappa shape index (κ1) is 12.0. The Bertz CT molecular complexity index is 191. The average molecular weight is 210 g/mol. The van der Waals surface area contributed by atoms with Crippen LogP contribution >= 0.6 is 8.03 Å². The van der Waals surface area contributed by atoms with Crippen LogP contribution < -0.4 is 9.79 Å². The van der Waals surface area contributed by atoms with Crippen molar-refractivity contribution in [3.63, 3.8) is 0 Å². The van der Waals surface area contributed by atoms with Crippen LogP contribution in [0.25, 0.3) is 0 Å². The van der Waals surface area contributed by atoms with Gasteiger partial charge in [-0.15, -0.1) is 0 Å². The number of hydrogen-bond acceptors (Lipinski definition) is 4. The number of aliphatic carboxylic acids is 2. The smallest absolute Gasteiger partial charge is 0.369 e. The van der Waals surface area contributed by atoms with Crippen LogP contribution in [0.5, 0.6) is 0 Å². The Morgan fingerprint density at radius 1 is 1.23 bits per heavy atom. The summed E-state index contributed by atoms with van der Waals surface area (Å²) in [4.78, 5) is 30.5. The van der Waals surface area contributed by atoms with Gasteiger partial charge in [-0.2, -0.15) is 0 Å². The molecule has 0 aromatic carbocycles. The van der Waals surface area contributed by atoms with Gasteiger partial charge >= 0.3 is 20.0 Å². The summed E-state index contributed by atoms with van der Waals surface area (Å²) in [5, 5.41) is 16.6. The van der Waals surface area contributed by atoms with Crippen molar-refractivity contribution >= 4 is 20.0 Å². The molecule has 0 saturated carbocycles. The van der Waals surface area contributed by atoms with E-state index < -0.39 is 39.3 Å². The normalized spacial score (nSPS) is 11.4. The third kappa shape index (κ3) is 7.32. The van der Waals surface area contributed by atoms with Gasteiger partial charge in [-0.1, -0.05) is 4.57 Å². The Hall–Kier alpha value is -1.04. The molecule has 0 spiro atoms. The van der Waals surface area contributed by atoms with Crippen molar-refractivity contribution in [2.24, 2.45) is 0 Å². The zero-order chi connectivity index (χ0) is 10.4. The van der Waals surface area contributed by atoms with Crippen LogP contribution in [0.1, 0.15) is 0 Å². The molecule has 0 aromatic rings. The molecule has 0 amide bonds. The number of quaternary nitrogens is 1. The predicted octanol–water partition coefficient (Wildman–Crippen LogP) is -2.90. The van der Waals surface area contributed by atoms with E-state index in [0.717, 1.165) is 0 Å². The van der Waals surface area contributed by atoms with Gasteiger partial charge in [0.1, 0.15) is 0 Å². The summed E-state index contributed by atoms with van der Waals surface area (Å²) in [7, 11) is -2.76. The molecular formula is C5H9NO6P+. The van der Waals surface area contributed by atoms with E-state index in [-0.39, 0.29) is 4.90 Å². The van der Waals surface area contributed by atoms with Gasteiger partial charge in [0.05, 0.1) is 0 Å². The second-order valence-corrected chi connectivity index (χ2v) is 3.36. The number of carboxylic acids is 2. The minimum atomic E-state index is -2.76. The van der Waals surface area contributed by atoms with Crippen molar-refractivity contribution in [1.29, 1.82) is 0 Å². The first-order valence-electron chi connectivity index (χ1n) is 3.30. The Morgan fingerprint density at radius 2 is 1.62 bits per heavy atom. The molecule has 0 saturated heterocycles. The zero-order valence-electron chi connectivity index (χ0n) is 6.60. The molecule has 1 unspecified atom stereocenters.